The number of hydrogen-bond acceptors (Lipinski definition) is 7. The molecule has 2 heterocycles. The zero-order valence-corrected chi connectivity index (χ0v) is 21.4. The highest BCUT2D eigenvalue weighted by molar-refractivity contribution is 6.30. The predicted octanol–water partition coefficient (Wildman–Crippen LogP) is 5.48. The van der Waals surface area contributed by atoms with Crippen LogP contribution < -0.4 is 9.47 Å². The van der Waals surface area contributed by atoms with Crippen molar-refractivity contribution in [3.05, 3.63) is 88.6 Å². The third-order valence-electron chi connectivity index (χ3n) is 5.70. The Balaban J connectivity index is 1.87. The summed E-state index contributed by atoms with van der Waals surface area (Å²) in [4.78, 5) is 2.28. The highest BCUT2D eigenvalue weighted by Crippen LogP contribution is 2.37. The molecule has 0 saturated heterocycles. The molecule has 2 aromatic heterocycles. The van der Waals surface area contributed by atoms with Crippen molar-refractivity contribution in [3.63, 3.8) is 0 Å². The molecule has 9 heteroatoms. The van der Waals surface area contributed by atoms with Gasteiger partial charge in [-0.3, -0.25) is 4.90 Å². The molecular formula is C26H30ClN5O3. The second-order valence-corrected chi connectivity index (χ2v) is 9.68. The topological polar surface area (TPSA) is 78.4 Å². The molecule has 0 N–H and O–H groups in total. The van der Waals surface area contributed by atoms with Gasteiger partial charge < -0.3 is 13.9 Å². The number of furan rings is 1. The lowest BCUT2D eigenvalue weighted by atomic mass is 10.0. The van der Waals surface area contributed by atoms with Crippen LogP contribution in [-0.2, 0) is 18.6 Å². The van der Waals surface area contributed by atoms with Gasteiger partial charge in [0, 0.05) is 11.6 Å². The average Bonchev–Trinajstić information content (AvgIpc) is 3.53. The lowest BCUT2D eigenvalue weighted by Gasteiger charge is -2.33. The minimum absolute atomic E-state index is 0.315. The van der Waals surface area contributed by atoms with Crippen molar-refractivity contribution in [3.8, 4) is 11.5 Å². The molecule has 1 unspecified atom stereocenters. The lowest BCUT2D eigenvalue weighted by molar-refractivity contribution is 0.172. The molecule has 1 atom stereocenters. The molecule has 0 aliphatic carbocycles. The molecule has 0 bridgehead atoms. The Morgan fingerprint density at radius 2 is 1.74 bits per heavy atom. The van der Waals surface area contributed by atoms with Crippen molar-refractivity contribution in [2.24, 2.45) is 0 Å². The average molecular weight is 496 g/mol. The maximum Gasteiger partial charge on any atom is 0.173 e. The number of tetrazole rings is 1. The molecule has 0 fully saturated rings. The van der Waals surface area contributed by atoms with Crippen molar-refractivity contribution >= 4 is 11.6 Å². The molecule has 0 aliphatic heterocycles. The quantitative estimate of drug-likeness (QED) is 0.304. The SMILES string of the molecule is COc1ccc(C(c2nnnn2C(C)(C)C)N(Cc2ccc(Cl)cc2)Cc2ccco2)cc1OC. The number of aromatic nitrogens is 4. The van der Waals surface area contributed by atoms with Crippen LogP contribution in [0.3, 0.4) is 0 Å². The van der Waals surface area contributed by atoms with Crippen LogP contribution >= 0.6 is 11.6 Å². The fourth-order valence-corrected chi connectivity index (χ4v) is 4.18. The molecule has 2 aromatic carbocycles. The van der Waals surface area contributed by atoms with Crippen LogP contribution in [0.4, 0.5) is 0 Å². The van der Waals surface area contributed by atoms with E-state index in [4.69, 9.17) is 25.5 Å². The van der Waals surface area contributed by atoms with Gasteiger partial charge in [-0.1, -0.05) is 29.8 Å². The van der Waals surface area contributed by atoms with Crippen LogP contribution in [0.5, 0.6) is 11.5 Å². The smallest absolute Gasteiger partial charge is 0.173 e. The first-order valence-electron chi connectivity index (χ1n) is 11.3. The van der Waals surface area contributed by atoms with Gasteiger partial charge in [-0.2, -0.15) is 0 Å². The largest absolute Gasteiger partial charge is 0.493 e. The van der Waals surface area contributed by atoms with Crippen LogP contribution in [0, 0.1) is 0 Å². The Hall–Kier alpha value is -3.36. The number of ether oxygens (including phenoxy) is 2. The standard InChI is InChI=1S/C26H30ClN5O3/c1-26(2,3)32-25(28-29-30-32)24(19-10-13-22(33-4)23(15-19)34-5)31(17-21-7-6-14-35-21)16-18-8-11-20(27)12-9-18/h6-15,24H,16-17H2,1-5H3. The molecule has 0 aliphatic rings. The maximum absolute atomic E-state index is 6.15. The number of rotatable bonds is 9. The van der Waals surface area contributed by atoms with Crippen LogP contribution in [0.15, 0.2) is 65.3 Å². The van der Waals surface area contributed by atoms with E-state index >= 15 is 0 Å². The molecular weight excluding hydrogens is 466 g/mol. The minimum atomic E-state index is -0.329. The monoisotopic (exact) mass is 495 g/mol. The van der Waals surface area contributed by atoms with Gasteiger partial charge >= 0.3 is 0 Å². The molecule has 0 radical (unpaired) electrons. The second kappa shape index (κ2) is 10.5. The molecule has 8 nitrogen and oxygen atoms in total. The molecule has 0 amide bonds. The number of hydrogen-bond donors (Lipinski definition) is 0. The van der Waals surface area contributed by atoms with Gasteiger partial charge in [0.1, 0.15) is 5.76 Å². The normalized spacial score (nSPS) is 12.7. The van der Waals surface area contributed by atoms with E-state index in [1.165, 1.54) is 0 Å². The van der Waals surface area contributed by atoms with Crippen molar-refractivity contribution < 1.29 is 13.9 Å². The summed E-state index contributed by atoms with van der Waals surface area (Å²) >= 11 is 6.15. The van der Waals surface area contributed by atoms with E-state index in [1.54, 1.807) is 20.5 Å². The summed E-state index contributed by atoms with van der Waals surface area (Å²) in [6.07, 6.45) is 1.68. The van der Waals surface area contributed by atoms with E-state index in [1.807, 2.05) is 59.3 Å². The summed E-state index contributed by atoms with van der Waals surface area (Å²) in [5, 5.41) is 13.6. The van der Waals surface area contributed by atoms with Gasteiger partial charge in [-0.25, -0.2) is 4.68 Å². The Morgan fingerprint density at radius 3 is 2.37 bits per heavy atom. The number of nitrogens with zero attached hydrogens (tertiary/aromatic N) is 5. The Kier molecular flexibility index (Phi) is 7.42. The molecule has 0 spiro atoms. The Bertz CT molecular complexity index is 1230. The number of benzene rings is 2. The summed E-state index contributed by atoms with van der Waals surface area (Å²) in [6, 6.07) is 17.3. The van der Waals surface area contributed by atoms with Crippen LogP contribution in [0.1, 0.15) is 49.5 Å². The molecule has 35 heavy (non-hydrogen) atoms. The summed E-state index contributed by atoms with van der Waals surface area (Å²) in [7, 11) is 3.25. The third-order valence-corrected chi connectivity index (χ3v) is 5.95. The highest BCUT2D eigenvalue weighted by atomic mass is 35.5. The predicted molar refractivity (Wildman–Crippen MR) is 134 cm³/mol. The Morgan fingerprint density at radius 1 is 1.00 bits per heavy atom. The van der Waals surface area contributed by atoms with E-state index in [2.05, 4.69) is 41.2 Å². The fourth-order valence-electron chi connectivity index (χ4n) is 4.05. The lowest BCUT2D eigenvalue weighted by Crippen LogP contribution is -2.34. The number of halogens is 1. The van der Waals surface area contributed by atoms with Gasteiger partial charge in [0.25, 0.3) is 0 Å². The first-order valence-corrected chi connectivity index (χ1v) is 11.7. The van der Waals surface area contributed by atoms with E-state index in [9.17, 15) is 0 Å². The molecule has 4 rings (SSSR count). The van der Waals surface area contributed by atoms with Gasteiger partial charge in [0.15, 0.2) is 17.3 Å². The van der Waals surface area contributed by atoms with Crippen molar-refractivity contribution in [2.45, 2.75) is 45.4 Å². The highest BCUT2D eigenvalue weighted by Gasteiger charge is 2.32. The minimum Gasteiger partial charge on any atom is -0.493 e. The fraction of sp³-hybridized carbons (Fsp3) is 0.346. The molecule has 184 valence electrons. The number of methoxy groups -OCH3 is 2. The van der Waals surface area contributed by atoms with Crippen molar-refractivity contribution in [2.75, 3.05) is 14.2 Å². The van der Waals surface area contributed by atoms with Gasteiger partial charge in [-0.15, -0.1) is 5.10 Å². The second-order valence-electron chi connectivity index (χ2n) is 9.25. The first-order chi connectivity index (χ1) is 16.8. The van der Waals surface area contributed by atoms with Crippen molar-refractivity contribution in [1.29, 1.82) is 0 Å². The van der Waals surface area contributed by atoms with E-state index in [0.29, 0.717) is 35.4 Å². The zero-order valence-electron chi connectivity index (χ0n) is 20.6. The molecule has 0 saturated carbocycles. The van der Waals surface area contributed by atoms with Crippen molar-refractivity contribution in [1.82, 2.24) is 25.1 Å². The Labute approximate surface area is 210 Å². The van der Waals surface area contributed by atoms with Gasteiger partial charge in [0.05, 0.1) is 38.6 Å². The zero-order chi connectivity index (χ0) is 25.0. The molecule has 4 aromatic rings. The summed E-state index contributed by atoms with van der Waals surface area (Å²) in [6.45, 7) is 7.37. The van der Waals surface area contributed by atoms with E-state index in [-0.39, 0.29) is 11.6 Å². The van der Waals surface area contributed by atoms with Gasteiger partial charge in [0.2, 0.25) is 0 Å². The van der Waals surface area contributed by atoms with E-state index in [0.717, 1.165) is 16.9 Å². The van der Waals surface area contributed by atoms with Gasteiger partial charge in [-0.05, 0) is 78.7 Å². The summed E-state index contributed by atoms with van der Waals surface area (Å²) in [5.74, 6) is 2.83. The van der Waals surface area contributed by atoms with Crippen LogP contribution in [0.2, 0.25) is 5.02 Å². The van der Waals surface area contributed by atoms with E-state index < -0.39 is 0 Å². The first kappa shape index (κ1) is 24.8. The van der Waals surface area contributed by atoms with Crippen LogP contribution in [0.25, 0.3) is 0 Å². The summed E-state index contributed by atoms with van der Waals surface area (Å²) < 4.78 is 18.7. The maximum atomic E-state index is 6.15. The third kappa shape index (κ3) is 5.66. The summed E-state index contributed by atoms with van der Waals surface area (Å²) in [5.41, 5.74) is 1.73. The van der Waals surface area contributed by atoms with Crippen LogP contribution in [-0.4, -0.2) is 39.3 Å².